The van der Waals surface area contributed by atoms with Crippen LogP contribution < -0.4 is 5.32 Å². The van der Waals surface area contributed by atoms with Crippen LogP contribution in [0.25, 0.3) is 11.1 Å². The molecule has 24 heavy (non-hydrogen) atoms. The minimum absolute atomic E-state index is 0.198. The monoisotopic (exact) mass is 340 g/mol. The van der Waals surface area contributed by atoms with E-state index in [-0.39, 0.29) is 11.7 Å². The fraction of sp³-hybridized carbons (Fsp3) is 0.158. The molecule has 122 valence electrons. The molecular formula is C19H17FN2OS. The molecule has 0 spiro atoms. The summed E-state index contributed by atoms with van der Waals surface area (Å²) in [5.74, 6) is -0.992. The highest BCUT2D eigenvalue weighted by Gasteiger charge is 2.18. The second-order valence-electron chi connectivity index (χ2n) is 5.59. The number of aryl methyl sites for hydroxylation is 1. The van der Waals surface area contributed by atoms with Gasteiger partial charge in [-0.15, -0.1) is 11.3 Å². The number of rotatable bonds is 4. The van der Waals surface area contributed by atoms with E-state index in [4.69, 9.17) is 0 Å². The van der Waals surface area contributed by atoms with Gasteiger partial charge >= 0.3 is 0 Å². The fourth-order valence-corrected chi connectivity index (χ4v) is 3.10. The molecule has 5 heteroatoms. The first-order chi connectivity index (χ1) is 11.5. The van der Waals surface area contributed by atoms with Gasteiger partial charge in [-0.05, 0) is 31.0 Å². The van der Waals surface area contributed by atoms with Crippen molar-refractivity contribution in [2.24, 2.45) is 0 Å². The summed E-state index contributed by atoms with van der Waals surface area (Å²) in [6.45, 7) is 3.68. The Balaban J connectivity index is 1.79. The average Bonchev–Trinajstić information content (AvgIpc) is 2.99. The molecule has 0 bridgehead atoms. The highest BCUT2D eigenvalue weighted by atomic mass is 32.1. The molecule has 0 saturated heterocycles. The highest BCUT2D eigenvalue weighted by molar-refractivity contribution is 7.15. The summed E-state index contributed by atoms with van der Waals surface area (Å²) in [6, 6.07) is 14.3. The lowest BCUT2D eigenvalue weighted by atomic mass is 9.96. The quantitative estimate of drug-likeness (QED) is 0.726. The molecule has 2 aromatic carbocycles. The van der Waals surface area contributed by atoms with Gasteiger partial charge in [-0.3, -0.25) is 4.79 Å². The van der Waals surface area contributed by atoms with Gasteiger partial charge < -0.3 is 5.32 Å². The van der Waals surface area contributed by atoms with Crippen molar-refractivity contribution in [3.05, 3.63) is 71.0 Å². The fourth-order valence-electron chi connectivity index (χ4n) is 2.43. The molecule has 0 fully saturated rings. The standard InChI is InChI=1S/C19H17FN2OS/c1-12-11-21-19(24-12)22-18(23)13(2)15-8-9-16(17(20)10-15)14-6-4-3-5-7-14/h3-11,13H,1-2H3,(H,21,22,23)/t13-/m0/s1. The lowest BCUT2D eigenvalue weighted by molar-refractivity contribution is -0.117. The third-order valence-corrected chi connectivity index (χ3v) is 4.65. The van der Waals surface area contributed by atoms with Gasteiger partial charge in [0.05, 0.1) is 5.92 Å². The van der Waals surface area contributed by atoms with Crippen molar-refractivity contribution in [2.75, 3.05) is 5.32 Å². The van der Waals surface area contributed by atoms with E-state index in [2.05, 4.69) is 10.3 Å². The Morgan fingerprint density at radius 1 is 1.21 bits per heavy atom. The van der Waals surface area contributed by atoms with Gasteiger partial charge in [0.2, 0.25) is 5.91 Å². The van der Waals surface area contributed by atoms with Gasteiger partial charge in [0, 0.05) is 16.6 Å². The number of nitrogens with one attached hydrogen (secondary N) is 1. The molecule has 1 heterocycles. The number of amides is 1. The smallest absolute Gasteiger partial charge is 0.233 e. The van der Waals surface area contributed by atoms with Gasteiger partial charge in [-0.25, -0.2) is 9.37 Å². The zero-order valence-electron chi connectivity index (χ0n) is 13.4. The minimum atomic E-state index is -0.464. The lowest BCUT2D eigenvalue weighted by Crippen LogP contribution is -2.18. The number of thiazole rings is 1. The molecule has 1 aromatic heterocycles. The first-order valence-electron chi connectivity index (χ1n) is 7.63. The Hall–Kier alpha value is -2.53. The zero-order chi connectivity index (χ0) is 17.1. The largest absolute Gasteiger partial charge is 0.301 e. The van der Waals surface area contributed by atoms with E-state index in [0.717, 1.165) is 10.4 Å². The van der Waals surface area contributed by atoms with Crippen molar-refractivity contribution < 1.29 is 9.18 Å². The summed E-state index contributed by atoms with van der Waals surface area (Å²) >= 11 is 1.41. The number of anilines is 1. The zero-order valence-corrected chi connectivity index (χ0v) is 14.2. The molecule has 0 aliphatic heterocycles. The van der Waals surface area contributed by atoms with E-state index in [0.29, 0.717) is 16.3 Å². The molecule has 0 aliphatic carbocycles. The van der Waals surface area contributed by atoms with E-state index in [9.17, 15) is 9.18 Å². The van der Waals surface area contributed by atoms with Crippen LogP contribution in [0.1, 0.15) is 23.3 Å². The lowest BCUT2D eigenvalue weighted by Gasteiger charge is -2.13. The number of carbonyl (C=O) groups is 1. The van der Waals surface area contributed by atoms with Crippen LogP contribution in [0.15, 0.2) is 54.7 Å². The summed E-state index contributed by atoms with van der Waals surface area (Å²) in [6.07, 6.45) is 1.71. The molecule has 0 radical (unpaired) electrons. The molecule has 1 amide bonds. The average molecular weight is 340 g/mol. The molecule has 0 unspecified atom stereocenters. The first-order valence-corrected chi connectivity index (χ1v) is 8.44. The maximum absolute atomic E-state index is 14.4. The second-order valence-corrected chi connectivity index (χ2v) is 6.83. The number of hydrogen-bond donors (Lipinski definition) is 1. The minimum Gasteiger partial charge on any atom is -0.301 e. The summed E-state index contributed by atoms with van der Waals surface area (Å²) in [5.41, 5.74) is 1.98. The van der Waals surface area contributed by atoms with Crippen molar-refractivity contribution in [3.63, 3.8) is 0 Å². The number of nitrogens with zero attached hydrogens (tertiary/aromatic N) is 1. The van der Waals surface area contributed by atoms with E-state index in [1.165, 1.54) is 17.4 Å². The predicted molar refractivity (Wildman–Crippen MR) is 95.7 cm³/mol. The number of carbonyl (C=O) groups excluding carboxylic acids is 1. The van der Waals surface area contributed by atoms with Crippen molar-refractivity contribution in [3.8, 4) is 11.1 Å². The van der Waals surface area contributed by atoms with Gasteiger partial charge in [-0.1, -0.05) is 42.5 Å². The van der Waals surface area contributed by atoms with Crippen LogP contribution in [-0.4, -0.2) is 10.9 Å². The summed E-state index contributed by atoms with van der Waals surface area (Å²) in [5, 5.41) is 3.33. The normalized spacial score (nSPS) is 12.0. The Labute approximate surface area is 144 Å². The van der Waals surface area contributed by atoms with Gasteiger partial charge in [0.1, 0.15) is 5.82 Å². The van der Waals surface area contributed by atoms with Crippen LogP contribution in [0, 0.1) is 12.7 Å². The number of halogens is 1. The highest BCUT2D eigenvalue weighted by Crippen LogP contribution is 2.27. The maximum Gasteiger partial charge on any atom is 0.233 e. The molecule has 3 nitrogen and oxygen atoms in total. The maximum atomic E-state index is 14.4. The van der Waals surface area contributed by atoms with Gasteiger partial charge in [0.15, 0.2) is 5.13 Å². The number of benzene rings is 2. The molecule has 0 aliphatic rings. The molecule has 1 N–H and O–H groups in total. The third kappa shape index (κ3) is 3.51. The van der Waals surface area contributed by atoms with Crippen molar-refractivity contribution >= 4 is 22.4 Å². The third-order valence-electron chi connectivity index (χ3n) is 3.82. The second kappa shape index (κ2) is 6.93. The van der Waals surface area contributed by atoms with Crippen molar-refractivity contribution in [2.45, 2.75) is 19.8 Å². The van der Waals surface area contributed by atoms with Crippen LogP contribution in [-0.2, 0) is 4.79 Å². The van der Waals surface area contributed by atoms with Crippen molar-refractivity contribution in [1.82, 2.24) is 4.98 Å². The molecule has 3 aromatic rings. The Morgan fingerprint density at radius 3 is 2.58 bits per heavy atom. The predicted octanol–water partition coefficient (Wildman–Crippen LogP) is 5.00. The van der Waals surface area contributed by atoms with Crippen LogP contribution >= 0.6 is 11.3 Å². The summed E-state index contributed by atoms with van der Waals surface area (Å²) in [7, 11) is 0. The van der Waals surface area contributed by atoms with Gasteiger partial charge in [-0.2, -0.15) is 0 Å². The first kappa shape index (κ1) is 16.3. The van der Waals surface area contributed by atoms with Crippen LogP contribution in [0.4, 0.5) is 9.52 Å². The van der Waals surface area contributed by atoms with Crippen LogP contribution in [0.3, 0.4) is 0 Å². The topological polar surface area (TPSA) is 42.0 Å². The summed E-state index contributed by atoms with van der Waals surface area (Å²) in [4.78, 5) is 17.5. The molecule has 1 atom stereocenters. The van der Waals surface area contributed by atoms with E-state index >= 15 is 0 Å². The molecule has 0 saturated carbocycles. The van der Waals surface area contributed by atoms with E-state index in [1.54, 1.807) is 25.3 Å². The van der Waals surface area contributed by atoms with E-state index < -0.39 is 5.92 Å². The summed E-state index contributed by atoms with van der Waals surface area (Å²) < 4.78 is 14.4. The molecule has 3 rings (SSSR count). The van der Waals surface area contributed by atoms with Gasteiger partial charge in [0.25, 0.3) is 0 Å². The Kier molecular flexibility index (Phi) is 4.71. The number of hydrogen-bond acceptors (Lipinski definition) is 3. The van der Waals surface area contributed by atoms with E-state index in [1.807, 2.05) is 37.3 Å². The van der Waals surface area contributed by atoms with Crippen LogP contribution in [0.2, 0.25) is 0 Å². The SMILES string of the molecule is Cc1cnc(NC(=O)[C@@H](C)c2ccc(-c3ccccc3)c(F)c2)s1. The van der Waals surface area contributed by atoms with Crippen molar-refractivity contribution in [1.29, 1.82) is 0 Å². The number of aromatic nitrogens is 1. The Morgan fingerprint density at radius 2 is 1.96 bits per heavy atom. The Bertz CT molecular complexity index is 861. The molecular weight excluding hydrogens is 323 g/mol. The van der Waals surface area contributed by atoms with Crippen LogP contribution in [0.5, 0.6) is 0 Å².